The van der Waals surface area contributed by atoms with Gasteiger partial charge in [-0.15, -0.1) is 0 Å². The highest BCUT2D eigenvalue weighted by atomic mass is 35.5. The van der Waals surface area contributed by atoms with Gasteiger partial charge in [-0.2, -0.15) is 0 Å². The molecule has 1 aliphatic rings. The van der Waals surface area contributed by atoms with Gasteiger partial charge in [0.15, 0.2) is 0 Å². The number of aryl methyl sites for hydroxylation is 1. The third-order valence-corrected chi connectivity index (χ3v) is 6.36. The molecule has 168 valence electrons. The molecule has 0 spiro atoms. The lowest BCUT2D eigenvalue weighted by molar-refractivity contribution is -0.113. The number of amides is 1. The molecule has 0 atom stereocenters. The highest BCUT2D eigenvalue weighted by Gasteiger charge is 2.24. The zero-order valence-electron chi connectivity index (χ0n) is 18.0. The standard InChI is InChI=1S/C24H27ClFN5O/c1-31-13-11-16(12-14-31)21(27)18(10-7-15-5-8-17(26)9-6-15)23(32)30-24-28-20-4-2-3-19(25)22(20)29-24/h2-6,8-9,16H,7,10-14,27H2,1H3,(H2,28,29,30,32)/b21-18-. The third-order valence-electron chi connectivity index (χ3n) is 6.05. The summed E-state index contributed by atoms with van der Waals surface area (Å²) < 4.78 is 13.3. The quantitative estimate of drug-likeness (QED) is 0.478. The van der Waals surface area contributed by atoms with Crippen LogP contribution in [0.4, 0.5) is 10.3 Å². The SMILES string of the molecule is CN1CCC(/C(N)=C(\CCc2ccc(F)cc2)C(=O)Nc2nc3c(Cl)cccc3[nH]2)CC1. The molecule has 2 aromatic carbocycles. The molecule has 0 unspecified atom stereocenters. The van der Waals surface area contributed by atoms with Crippen LogP contribution in [0.1, 0.15) is 24.8 Å². The van der Waals surface area contributed by atoms with Crippen molar-refractivity contribution in [3.05, 3.63) is 70.1 Å². The first-order chi connectivity index (χ1) is 15.4. The molecule has 2 heterocycles. The Kier molecular flexibility index (Phi) is 6.77. The summed E-state index contributed by atoms with van der Waals surface area (Å²) in [6.07, 6.45) is 2.87. The number of para-hydroxylation sites is 1. The summed E-state index contributed by atoms with van der Waals surface area (Å²) in [7, 11) is 2.09. The first-order valence-electron chi connectivity index (χ1n) is 10.8. The molecule has 4 N–H and O–H groups in total. The number of allylic oxidation sites excluding steroid dienone is 1. The molecular weight excluding hydrogens is 429 g/mol. The normalized spacial score (nSPS) is 16.2. The molecule has 1 fully saturated rings. The summed E-state index contributed by atoms with van der Waals surface area (Å²) in [6.45, 7) is 1.89. The van der Waals surface area contributed by atoms with E-state index in [2.05, 4.69) is 27.2 Å². The maximum absolute atomic E-state index is 13.3. The Balaban J connectivity index is 1.57. The van der Waals surface area contributed by atoms with Crippen LogP contribution in [-0.2, 0) is 11.2 Å². The predicted molar refractivity (Wildman–Crippen MR) is 126 cm³/mol. The number of carbonyl (C=O) groups is 1. The van der Waals surface area contributed by atoms with E-state index in [-0.39, 0.29) is 17.6 Å². The second kappa shape index (κ2) is 9.71. The summed E-state index contributed by atoms with van der Waals surface area (Å²) in [5.41, 5.74) is 10.0. The molecular formula is C24H27ClFN5O. The number of aromatic amines is 1. The van der Waals surface area contributed by atoms with Gasteiger partial charge in [0.25, 0.3) is 5.91 Å². The van der Waals surface area contributed by atoms with Crippen molar-refractivity contribution in [2.45, 2.75) is 25.7 Å². The lowest BCUT2D eigenvalue weighted by Gasteiger charge is -2.30. The Morgan fingerprint density at radius 3 is 2.66 bits per heavy atom. The van der Waals surface area contributed by atoms with Crippen molar-refractivity contribution in [3.8, 4) is 0 Å². The third kappa shape index (κ3) is 5.11. The Morgan fingerprint density at radius 2 is 1.97 bits per heavy atom. The molecule has 0 radical (unpaired) electrons. The van der Waals surface area contributed by atoms with Gasteiger partial charge in [0.2, 0.25) is 5.95 Å². The van der Waals surface area contributed by atoms with Crippen LogP contribution in [0.2, 0.25) is 5.02 Å². The van der Waals surface area contributed by atoms with Crippen LogP contribution >= 0.6 is 11.6 Å². The number of halogens is 2. The molecule has 32 heavy (non-hydrogen) atoms. The van der Waals surface area contributed by atoms with Crippen molar-refractivity contribution in [1.29, 1.82) is 0 Å². The number of carbonyl (C=O) groups excluding carboxylic acids is 1. The van der Waals surface area contributed by atoms with Gasteiger partial charge in [-0.05, 0) is 75.6 Å². The van der Waals surface area contributed by atoms with E-state index in [1.54, 1.807) is 18.2 Å². The van der Waals surface area contributed by atoms with Gasteiger partial charge in [-0.25, -0.2) is 9.37 Å². The Hall–Kier alpha value is -2.90. The van der Waals surface area contributed by atoms with Crippen LogP contribution in [0.3, 0.4) is 0 Å². The number of fused-ring (bicyclic) bond motifs is 1. The van der Waals surface area contributed by atoms with E-state index in [1.807, 2.05) is 12.1 Å². The average Bonchev–Trinajstić information content (AvgIpc) is 3.19. The van der Waals surface area contributed by atoms with Crippen molar-refractivity contribution in [2.24, 2.45) is 11.7 Å². The first-order valence-corrected chi connectivity index (χ1v) is 11.2. The molecule has 1 aromatic heterocycles. The number of piperidine rings is 1. The van der Waals surface area contributed by atoms with E-state index in [9.17, 15) is 9.18 Å². The largest absolute Gasteiger partial charge is 0.401 e. The molecule has 4 rings (SSSR count). The minimum absolute atomic E-state index is 0.158. The zero-order valence-corrected chi connectivity index (χ0v) is 18.8. The number of likely N-dealkylation sites (tertiary alicyclic amines) is 1. The minimum Gasteiger partial charge on any atom is -0.401 e. The van der Waals surface area contributed by atoms with Gasteiger partial charge in [0.1, 0.15) is 11.3 Å². The minimum atomic E-state index is -0.281. The number of hydrogen-bond acceptors (Lipinski definition) is 4. The van der Waals surface area contributed by atoms with Crippen molar-refractivity contribution >= 4 is 34.5 Å². The van der Waals surface area contributed by atoms with Gasteiger partial charge >= 0.3 is 0 Å². The topological polar surface area (TPSA) is 87.0 Å². The number of H-pyrrole nitrogens is 1. The van der Waals surface area contributed by atoms with Gasteiger partial charge in [-0.1, -0.05) is 29.8 Å². The van der Waals surface area contributed by atoms with Crippen molar-refractivity contribution in [2.75, 3.05) is 25.5 Å². The number of imidazole rings is 1. The van der Waals surface area contributed by atoms with Crippen LogP contribution < -0.4 is 11.1 Å². The Labute approximate surface area is 191 Å². The molecule has 6 nitrogen and oxygen atoms in total. The van der Waals surface area contributed by atoms with E-state index in [4.69, 9.17) is 17.3 Å². The number of nitrogens with two attached hydrogens (primary N) is 1. The molecule has 1 saturated heterocycles. The van der Waals surface area contributed by atoms with Crippen molar-refractivity contribution in [1.82, 2.24) is 14.9 Å². The monoisotopic (exact) mass is 455 g/mol. The lowest BCUT2D eigenvalue weighted by atomic mass is 9.89. The number of anilines is 1. The van der Waals surface area contributed by atoms with Crippen LogP contribution in [0.25, 0.3) is 11.0 Å². The van der Waals surface area contributed by atoms with Crippen LogP contribution in [0.5, 0.6) is 0 Å². The van der Waals surface area contributed by atoms with Gasteiger partial charge in [0.05, 0.1) is 10.5 Å². The number of rotatable bonds is 6. The highest BCUT2D eigenvalue weighted by molar-refractivity contribution is 6.35. The first kappa shape index (κ1) is 22.3. The summed E-state index contributed by atoms with van der Waals surface area (Å²) in [5.74, 6) is -0.0748. The highest BCUT2D eigenvalue weighted by Crippen LogP contribution is 2.27. The van der Waals surface area contributed by atoms with Crippen LogP contribution in [0, 0.1) is 11.7 Å². The predicted octanol–water partition coefficient (Wildman–Crippen LogP) is 4.48. The molecule has 3 aromatic rings. The van der Waals surface area contributed by atoms with Gasteiger partial charge in [-0.3, -0.25) is 10.1 Å². The maximum Gasteiger partial charge on any atom is 0.255 e. The van der Waals surface area contributed by atoms with Gasteiger partial charge in [0, 0.05) is 17.2 Å². The summed E-state index contributed by atoms with van der Waals surface area (Å²) in [6, 6.07) is 11.7. The molecule has 8 heteroatoms. The molecule has 1 aliphatic heterocycles. The summed E-state index contributed by atoms with van der Waals surface area (Å²) >= 11 is 6.21. The smallest absolute Gasteiger partial charge is 0.255 e. The van der Waals surface area contributed by atoms with E-state index < -0.39 is 0 Å². The van der Waals surface area contributed by atoms with Crippen LogP contribution in [-0.4, -0.2) is 40.9 Å². The summed E-state index contributed by atoms with van der Waals surface area (Å²) in [4.78, 5) is 23.1. The molecule has 0 bridgehead atoms. The fraction of sp³-hybridized carbons (Fsp3) is 0.333. The number of nitrogens with zero attached hydrogens (tertiary/aromatic N) is 2. The molecule has 0 aliphatic carbocycles. The molecule has 1 amide bonds. The number of hydrogen-bond donors (Lipinski definition) is 3. The second-order valence-electron chi connectivity index (χ2n) is 8.31. The van der Waals surface area contributed by atoms with Gasteiger partial charge < -0.3 is 15.6 Å². The number of benzene rings is 2. The van der Waals surface area contributed by atoms with Crippen molar-refractivity contribution in [3.63, 3.8) is 0 Å². The number of aromatic nitrogens is 2. The second-order valence-corrected chi connectivity index (χ2v) is 8.72. The van der Waals surface area contributed by atoms with E-state index in [0.717, 1.165) is 37.0 Å². The fourth-order valence-electron chi connectivity index (χ4n) is 4.11. The van der Waals surface area contributed by atoms with E-state index in [1.165, 1.54) is 12.1 Å². The molecule has 0 saturated carbocycles. The lowest BCUT2D eigenvalue weighted by Crippen LogP contribution is -2.34. The zero-order chi connectivity index (χ0) is 22.7. The summed E-state index contributed by atoms with van der Waals surface area (Å²) in [5, 5.41) is 3.37. The maximum atomic E-state index is 13.3. The average molecular weight is 456 g/mol. The van der Waals surface area contributed by atoms with Crippen LogP contribution in [0.15, 0.2) is 53.7 Å². The van der Waals surface area contributed by atoms with E-state index >= 15 is 0 Å². The fourth-order valence-corrected chi connectivity index (χ4v) is 4.33. The Bertz CT molecular complexity index is 1130. The Morgan fingerprint density at radius 1 is 1.25 bits per heavy atom. The number of nitrogens with one attached hydrogen (secondary N) is 2. The van der Waals surface area contributed by atoms with Crippen molar-refractivity contribution < 1.29 is 9.18 Å². The van der Waals surface area contributed by atoms with E-state index in [0.29, 0.717) is 40.6 Å².